The van der Waals surface area contributed by atoms with Gasteiger partial charge in [-0.1, -0.05) is 12.1 Å². The number of esters is 1. The molecule has 1 aromatic carbocycles. The Morgan fingerprint density at radius 3 is 2.61 bits per heavy atom. The van der Waals surface area contributed by atoms with Gasteiger partial charge in [-0.05, 0) is 49.2 Å². The standard InChI is InChI=1S/C16H18N2O4S/c1-12-6-7-15(9-13(12)2)23(20,21)18-10-16(19)22-11-14-5-3-4-8-17-14/h3-9,18H,10-11H2,1-2H3. The number of aromatic nitrogens is 1. The van der Waals surface area contributed by atoms with Crippen molar-refractivity contribution in [2.75, 3.05) is 6.54 Å². The average molecular weight is 334 g/mol. The zero-order valence-corrected chi connectivity index (χ0v) is 13.8. The van der Waals surface area contributed by atoms with Crippen LogP contribution in [-0.4, -0.2) is 25.9 Å². The van der Waals surface area contributed by atoms with Crippen molar-refractivity contribution < 1.29 is 17.9 Å². The third-order valence-electron chi connectivity index (χ3n) is 3.30. The normalized spacial score (nSPS) is 11.2. The maximum Gasteiger partial charge on any atom is 0.321 e. The molecule has 2 aromatic rings. The summed E-state index contributed by atoms with van der Waals surface area (Å²) in [5, 5.41) is 0. The van der Waals surface area contributed by atoms with E-state index in [4.69, 9.17) is 4.74 Å². The van der Waals surface area contributed by atoms with E-state index in [0.717, 1.165) is 11.1 Å². The fourth-order valence-corrected chi connectivity index (χ4v) is 2.86. The van der Waals surface area contributed by atoms with Gasteiger partial charge >= 0.3 is 5.97 Å². The van der Waals surface area contributed by atoms with E-state index in [-0.39, 0.29) is 11.5 Å². The summed E-state index contributed by atoms with van der Waals surface area (Å²) in [4.78, 5) is 15.8. The first kappa shape index (κ1) is 17.1. The van der Waals surface area contributed by atoms with Crippen molar-refractivity contribution in [3.05, 3.63) is 59.4 Å². The van der Waals surface area contributed by atoms with E-state index in [1.807, 2.05) is 13.8 Å². The van der Waals surface area contributed by atoms with E-state index in [0.29, 0.717) is 5.69 Å². The highest BCUT2D eigenvalue weighted by Crippen LogP contribution is 2.14. The first-order valence-corrected chi connectivity index (χ1v) is 8.49. The molecule has 0 aliphatic carbocycles. The number of carbonyl (C=O) groups excluding carboxylic acids is 1. The second kappa shape index (κ2) is 7.34. The van der Waals surface area contributed by atoms with Crippen LogP contribution in [0.3, 0.4) is 0 Å². The molecule has 0 fully saturated rings. The highest BCUT2D eigenvalue weighted by atomic mass is 32.2. The Bertz CT molecular complexity index is 789. The zero-order chi connectivity index (χ0) is 16.9. The molecule has 0 atom stereocenters. The Kier molecular flexibility index (Phi) is 5.46. The molecule has 0 radical (unpaired) electrons. The molecule has 23 heavy (non-hydrogen) atoms. The van der Waals surface area contributed by atoms with Gasteiger partial charge in [-0.25, -0.2) is 8.42 Å². The lowest BCUT2D eigenvalue weighted by atomic mass is 10.1. The molecule has 0 bridgehead atoms. The number of hydrogen-bond donors (Lipinski definition) is 1. The van der Waals surface area contributed by atoms with Crippen molar-refractivity contribution in [1.29, 1.82) is 0 Å². The van der Waals surface area contributed by atoms with Crippen LogP contribution < -0.4 is 4.72 Å². The van der Waals surface area contributed by atoms with Crippen LogP contribution in [0.15, 0.2) is 47.5 Å². The predicted octanol–water partition coefficient (Wildman–Crippen LogP) is 1.72. The fraction of sp³-hybridized carbons (Fsp3) is 0.250. The van der Waals surface area contributed by atoms with Gasteiger partial charge in [0.05, 0.1) is 10.6 Å². The fourth-order valence-electron chi connectivity index (χ4n) is 1.81. The Morgan fingerprint density at radius 2 is 1.96 bits per heavy atom. The van der Waals surface area contributed by atoms with Gasteiger partial charge in [0.25, 0.3) is 0 Å². The molecule has 7 heteroatoms. The lowest BCUT2D eigenvalue weighted by Gasteiger charge is -2.09. The Balaban J connectivity index is 1.91. The minimum absolute atomic E-state index is 0.00500. The van der Waals surface area contributed by atoms with Crippen LogP contribution in [0.25, 0.3) is 0 Å². The van der Waals surface area contributed by atoms with Crippen LogP contribution in [-0.2, 0) is 26.2 Å². The highest BCUT2D eigenvalue weighted by molar-refractivity contribution is 7.89. The topological polar surface area (TPSA) is 85.4 Å². The van der Waals surface area contributed by atoms with Crippen LogP contribution in [0.1, 0.15) is 16.8 Å². The molecule has 0 unspecified atom stereocenters. The second-order valence-corrected chi connectivity index (χ2v) is 6.82. The minimum atomic E-state index is -3.74. The van der Waals surface area contributed by atoms with Crippen LogP contribution in [0.4, 0.5) is 0 Å². The molecule has 1 heterocycles. The van der Waals surface area contributed by atoms with Crippen molar-refractivity contribution in [1.82, 2.24) is 9.71 Å². The second-order valence-electron chi connectivity index (χ2n) is 5.05. The van der Waals surface area contributed by atoms with Crippen molar-refractivity contribution in [3.63, 3.8) is 0 Å². The summed E-state index contributed by atoms with van der Waals surface area (Å²) in [6, 6.07) is 10.0. The first-order chi connectivity index (χ1) is 10.9. The van der Waals surface area contributed by atoms with Gasteiger partial charge in [-0.2, -0.15) is 4.72 Å². The number of sulfonamides is 1. The minimum Gasteiger partial charge on any atom is -0.458 e. The van der Waals surface area contributed by atoms with E-state index in [1.54, 1.807) is 36.5 Å². The molecular weight excluding hydrogens is 316 g/mol. The number of hydrogen-bond acceptors (Lipinski definition) is 5. The third kappa shape index (κ3) is 4.87. The van der Waals surface area contributed by atoms with Crippen LogP contribution in [0.2, 0.25) is 0 Å². The number of ether oxygens (including phenoxy) is 1. The number of benzene rings is 1. The summed E-state index contributed by atoms with van der Waals surface area (Å²) in [5.74, 6) is -0.664. The molecule has 0 spiro atoms. The molecule has 2 rings (SSSR count). The van der Waals surface area contributed by atoms with Gasteiger partial charge in [0, 0.05) is 6.20 Å². The summed E-state index contributed by atoms with van der Waals surface area (Å²) < 4.78 is 31.5. The summed E-state index contributed by atoms with van der Waals surface area (Å²) in [7, 11) is -3.74. The lowest BCUT2D eigenvalue weighted by molar-refractivity contribution is -0.143. The van der Waals surface area contributed by atoms with Gasteiger partial charge in [-0.3, -0.25) is 9.78 Å². The van der Waals surface area contributed by atoms with Gasteiger partial charge in [0.1, 0.15) is 13.2 Å². The number of nitrogens with zero attached hydrogens (tertiary/aromatic N) is 1. The lowest BCUT2D eigenvalue weighted by Crippen LogP contribution is -2.30. The molecule has 0 aliphatic heterocycles. The van der Waals surface area contributed by atoms with Crippen LogP contribution in [0, 0.1) is 13.8 Å². The van der Waals surface area contributed by atoms with Gasteiger partial charge in [0.15, 0.2) is 0 Å². The summed E-state index contributed by atoms with van der Waals surface area (Å²) >= 11 is 0. The molecule has 6 nitrogen and oxygen atoms in total. The number of rotatable bonds is 6. The maximum atomic E-state index is 12.1. The summed E-state index contributed by atoms with van der Waals surface area (Å²) in [6.07, 6.45) is 1.59. The Hall–Kier alpha value is -2.25. The van der Waals surface area contributed by atoms with Gasteiger partial charge in [0.2, 0.25) is 10.0 Å². The van der Waals surface area contributed by atoms with Crippen molar-refractivity contribution in [3.8, 4) is 0 Å². The molecule has 1 aromatic heterocycles. The van der Waals surface area contributed by atoms with Crippen LogP contribution in [0.5, 0.6) is 0 Å². The number of carbonyl (C=O) groups is 1. The quantitative estimate of drug-likeness (QED) is 0.813. The Labute approximate surface area is 135 Å². The Morgan fingerprint density at radius 1 is 1.17 bits per heavy atom. The molecule has 0 saturated heterocycles. The summed E-state index contributed by atoms with van der Waals surface area (Å²) in [5.41, 5.74) is 2.46. The SMILES string of the molecule is Cc1ccc(S(=O)(=O)NCC(=O)OCc2ccccn2)cc1C. The monoisotopic (exact) mass is 334 g/mol. The molecule has 0 amide bonds. The molecule has 122 valence electrons. The smallest absolute Gasteiger partial charge is 0.321 e. The van der Waals surface area contributed by atoms with E-state index in [9.17, 15) is 13.2 Å². The first-order valence-electron chi connectivity index (χ1n) is 7.01. The van der Waals surface area contributed by atoms with E-state index < -0.39 is 22.5 Å². The van der Waals surface area contributed by atoms with Gasteiger partial charge in [-0.15, -0.1) is 0 Å². The molecule has 0 aliphatic rings. The molecular formula is C16H18N2O4S. The predicted molar refractivity (Wildman–Crippen MR) is 85.1 cm³/mol. The highest BCUT2D eigenvalue weighted by Gasteiger charge is 2.16. The zero-order valence-electron chi connectivity index (χ0n) is 12.9. The number of nitrogens with one attached hydrogen (secondary N) is 1. The van der Waals surface area contributed by atoms with Crippen molar-refractivity contribution >= 4 is 16.0 Å². The summed E-state index contributed by atoms with van der Waals surface area (Å²) in [6.45, 7) is 3.30. The van der Waals surface area contributed by atoms with Gasteiger partial charge < -0.3 is 4.74 Å². The third-order valence-corrected chi connectivity index (χ3v) is 4.70. The van der Waals surface area contributed by atoms with Crippen molar-refractivity contribution in [2.45, 2.75) is 25.3 Å². The maximum absolute atomic E-state index is 12.1. The van der Waals surface area contributed by atoms with E-state index in [1.165, 1.54) is 6.07 Å². The average Bonchev–Trinajstić information content (AvgIpc) is 2.54. The van der Waals surface area contributed by atoms with E-state index in [2.05, 4.69) is 9.71 Å². The van der Waals surface area contributed by atoms with Crippen molar-refractivity contribution in [2.24, 2.45) is 0 Å². The van der Waals surface area contributed by atoms with Crippen LogP contribution >= 0.6 is 0 Å². The largest absolute Gasteiger partial charge is 0.458 e. The number of aryl methyl sites for hydroxylation is 2. The molecule has 1 N–H and O–H groups in total. The number of pyridine rings is 1. The van der Waals surface area contributed by atoms with E-state index >= 15 is 0 Å². The molecule has 0 saturated carbocycles.